The maximum Gasteiger partial charge on any atom is 0.407 e. The van der Waals surface area contributed by atoms with Gasteiger partial charge in [-0.1, -0.05) is 48.5 Å². The molecule has 1 saturated carbocycles. The van der Waals surface area contributed by atoms with Crippen molar-refractivity contribution in [3.8, 4) is 11.3 Å². The molecule has 0 saturated heterocycles. The SMILES string of the molecule is Cn1c(=O)n(C2CCC(NC(=O)OCc3ccccc3)CC2)c2c3nc(-c4cnc5ccccc5c4)ccc3ncc21. The van der Waals surface area contributed by atoms with Gasteiger partial charge in [-0.15, -0.1) is 0 Å². The molecule has 42 heavy (non-hydrogen) atoms. The Labute approximate surface area is 241 Å². The van der Waals surface area contributed by atoms with Gasteiger partial charge in [0, 0.05) is 36.3 Å². The first kappa shape index (κ1) is 25.9. The number of hydrogen-bond acceptors (Lipinski definition) is 6. The molecule has 0 bridgehead atoms. The van der Waals surface area contributed by atoms with Gasteiger partial charge in [-0.05, 0) is 55.5 Å². The number of imidazole rings is 1. The number of hydrogen-bond donors (Lipinski definition) is 1. The second kappa shape index (κ2) is 10.7. The number of para-hydroxylation sites is 1. The number of pyridine rings is 3. The number of aryl methyl sites for hydroxylation is 1. The average molecular weight is 559 g/mol. The molecule has 0 spiro atoms. The summed E-state index contributed by atoms with van der Waals surface area (Å²) in [5.74, 6) is 0. The Hall–Kier alpha value is -5.05. The number of aromatic nitrogens is 5. The zero-order valence-electron chi connectivity index (χ0n) is 23.2. The zero-order valence-corrected chi connectivity index (χ0v) is 23.2. The summed E-state index contributed by atoms with van der Waals surface area (Å²) in [6, 6.07) is 23.6. The van der Waals surface area contributed by atoms with E-state index in [2.05, 4.69) is 21.4 Å². The van der Waals surface area contributed by atoms with E-state index < -0.39 is 6.09 Å². The molecular weight excluding hydrogens is 528 g/mol. The van der Waals surface area contributed by atoms with Crippen LogP contribution in [0.1, 0.15) is 37.3 Å². The Morgan fingerprint density at radius 3 is 2.52 bits per heavy atom. The molecule has 7 rings (SSSR count). The van der Waals surface area contributed by atoms with Crippen molar-refractivity contribution in [2.75, 3.05) is 0 Å². The van der Waals surface area contributed by atoms with E-state index in [0.717, 1.165) is 70.0 Å². The largest absolute Gasteiger partial charge is 0.445 e. The minimum absolute atomic E-state index is 0.00116. The third-order valence-electron chi connectivity index (χ3n) is 8.24. The fourth-order valence-electron chi connectivity index (χ4n) is 6.01. The van der Waals surface area contributed by atoms with Gasteiger partial charge in [0.25, 0.3) is 0 Å². The van der Waals surface area contributed by atoms with Gasteiger partial charge in [-0.3, -0.25) is 19.1 Å². The number of alkyl carbamates (subject to hydrolysis) is 1. The normalized spacial score (nSPS) is 17.1. The van der Waals surface area contributed by atoms with Crippen LogP contribution in [0.2, 0.25) is 0 Å². The van der Waals surface area contributed by atoms with Crippen LogP contribution in [0.3, 0.4) is 0 Å². The first-order valence-corrected chi connectivity index (χ1v) is 14.2. The number of fused-ring (bicyclic) bond motifs is 4. The van der Waals surface area contributed by atoms with Crippen molar-refractivity contribution < 1.29 is 9.53 Å². The minimum atomic E-state index is -0.415. The summed E-state index contributed by atoms with van der Waals surface area (Å²) in [6.07, 6.45) is 6.17. The lowest BCUT2D eigenvalue weighted by Crippen LogP contribution is -2.39. The molecule has 1 amide bonds. The molecule has 0 radical (unpaired) electrons. The van der Waals surface area contributed by atoms with E-state index in [9.17, 15) is 9.59 Å². The number of rotatable bonds is 5. The molecule has 1 fully saturated rings. The molecule has 2 aromatic carbocycles. The van der Waals surface area contributed by atoms with Crippen LogP contribution in [0, 0.1) is 0 Å². The molecule has 1 aliphatic carbocycles. The van der Waals surface area contributed by atoms with Gasteiger partial charge in [0.1, 0.15) is 12.1 Å². The molecule has 4 heterocycles. The van der Waals surface area contributed by atoms with E-state index in [1.165, 1.54) is 0 Å². The second-order valence-electron chi connectivity index (χ2n) is 10.9. The number of ether oxygens (including phenoxy) is 1. The third-order valence-corrected chi connectivity index (χ3v) is 8.24. The molecular formula is C33H30N6O3. The van der Waals surface area contributed by atoms with Crippen molar-refractivity contribution >= 4 is 39.1 Å². The van der Waals surface area contributed by atoms with E-state index in [-0.39, 0.29) is 24.4 Å². The Morgan fingerprint density at radius 1 is 0.929 bits per heavy atom. The van der Waals surface area contributed by atoms with E-state index in [4.69, 9.17) is 9.72 Å². The molecule has 6 aromatic rings. The standard InChI is InChI=1S/C33H30N6O3/c1-38-29-19-35-28-16-15-27(23-17-22-9-5-6-10-26(22)34-18-23)37-30(28)31(29)39(33(38)41)25-13-11-24(12-14-25)36-32(40)42-20-21-7-3-2-4-8-21/h2-10,15-19,24-25H,11-14,20H2,1H3,(H,36,40). The van der Waals surface area contributed by atoms with Crippen molar-refractivity contribution in [1.82, 2.24) is 29.4 Å². The van der Waals surface area contributed by atoms with Crippen LogP contribution in [0.15, 0.2) is 90.0 Å². The molecule has 1 N–H and O–H groups in total. The summed E-state index contributed by atoms with van der Waals surface area (Å²) >= 11 is 0. The summed E-state index contributed by atoms with van der Waals surface area (Å²) in [5.41, 5.74) is 6.44. The third kappa shape index (κ3) is 4.76. The van der Waals surface area contributed by atoms with Gasteiger partial charge >= 0.3 is 11.8 Å². The topological polar surface area (TPSA) is 104 Å². The van der Waals surface area contributed by atoms with Crippen molar-refractivity contribution in [3.63, 3.8) is 0 Å². The van der Waals surface area contributed by atoms with Gasteiger partial charge in [0.2, 0.25) is 0 Å². The molecule has 0 aliphatic heterocycles. The lowest BCUT2D eigenvalue weighted by atomic mass is 9.91. The van der Waals surface area contributed by atoms with E-state index >= 15 is 0 Å². The molecule has 9 heteroatoms. The maximum atomic E-state index is 13.6. The molecule has 1 aliphatic rings. The van der Waals surface area contributed by atoms with Crippen LogP contribution in [-0.2, 0) is 18.4 Å². The van der Waals surface area contributed by atoms with Gasteiger partial charge in [-0.25, -0.2) is 14.6 Å². The predicted octanol–water partition coefficient (Wildman–Crippen LogP) is 5.91. The molecule has 0 unspecified atom stereocenters. The molecule has 4 aromatic heterocycles. The van der Waals surface area contributed by atoms with Gasteiger partial charge in [0.05, 0.1) is 34.0 Å². The number of nitrogens with one attached hydrogen (secondary N) is 1. The predicted molar refractivity (Wildman–Crippen MR) is 162 cm³/mol. The van der Waals surface area contributed by atoms with Crippen LogP contribution in [-0.4, -0.2) is 36.2 Å². The Kier molecular flexibility index (Phi) is 6.62. The molecule has 9 nitrogen and oxygen atoms in total. The molecule has 0 atom stereocenters. The van der Waals surface area contributed by atoms with E-state index in [0.29, 0.717) is 5.52 Å². The Morgan fingerprint density at radius 2 is 1.69 bits per heavy atom. The summed E-state index contributed by atoms with van der Waals surface area (Å²) in [4.78, 5) is 40.3. The van der Waals surface area contributed by atoms with Crippen LogP contribution < -0.4 is 11.0 Å². The lowest BCUT2D eigenvalue weighted by Gasteiger charge is -2.29. The number of nitrogens with zero attached hydrogens (tertiary/aromatic N) is 5. The van der Waals surface area contributed by atoms with Gasteiger partial charge in [-0.2, -0.15) is 0 Å². The first-order chi connectivity index (χ1) is 20.5. The quantitative estimate of drug-likeness (QED) is 0.282. The second-order valence-corrected chi connectivity index (χ2v) is 10.9. The Balaban J connectivity index is 1.16. The van der Waals surface area contributed by atoms with E-state index in [1.807, 2.05) is 77.5 Å². The van der Waals surface area contributed by atoms with Crippen LogP contribution in [0.4, 0.5) is 4.79 Å². The van der Waals surface area contributed by atoms with E-state index in [1.54, 1.807) is 17.8 Å². The van der Waals surface area contributed by atoms with Crippen molar-refractivity contribution in [1.29, 1.82) is 0 Å². The highest BCUT2D eigenvalue weighted by Gasteiger charge is 2.28. The number of carbonyl (C=O) groups excluding carboxylic acids is 1. The minimum Gasteiger partial charge on any atom is -0.445 e. The van der Waals surface area contributed by atoms with Gasteiger partial charge in [0.15, 0.2) is 0 Å². The van der Waals surface area contributed by atoms with Gasteiger partial charge < -0.3 is 10.1 Å². The van der Waals surface area contributed by atoms with Crippen molar-refractivity contribution in [3.05, 3.63) is 101 Å². The average Bonchev–Trinajstić information content (AvgIpc) is 3.30. The Bertz CT molecular complexity index is 1990. The number of benzene rings is 2. The fraction of sp³-hybridized carbons (Fsp3) is 0.242. The van der Waals surface area contributed by atoms with Crippen LogP contribution >= 0.6 is 0 Å². The highest BCUT2D eigenvalue weighted by atomic mass is 16.5. The smallest absolute Gasteiger partial charge is 0.407 e. The highest BCUT2D eigenvalue weighted by Crippen LogP contribution is 2.33. The molecule has 210 valence electrons. The van der Waals surface area contributed by atoms with Crippen LogP contribution in [0.5, 0.6) is 0 Å². The summed E-state index contributed by atoms with van der Waals surface area (Å²) in [7, 11) is 1.78. The highest BCUT2D eigenvalue weighted by molar-refractivity contribution is 6.00. The fourth-order valence-corrected chi connectivity index (χ4v) is 6.01. The zero-order chi connectivity index (χ0) is 28.6. The lowest BCUT2D eigenvalue weighted by molar-refractivity contribution is 0.131. The van der Waals surface area contributed by atoms with Crippen LogP contribution in [0.25, 0.3) is 44.2 Å². The first-order valence-electron chi connectivity index (χ1n) is 14.2. The number of amides is 1. The summed E-state index contributed by atoms with van der Waals surface area (Å²) in [6.45, 7) is 0.235. The van der Waals surface area contributed by atoms with Crippen molar-refractivity contribution in [2.24, 2.45) is 7.05 Å². The number of carbonyl (C=O) groups is 1. The maximum absolute atomic E-state index is 13.6. The monoisotopic (exact) mass is 558 g/mol. The van der Waals surface area contributed by atoms with Crippen molar-refractivity contribution in [2.45, 2.75) is 44.4 Å². The summed E-state index contributed by atoms with van der Waals surface area (Å²) in [5, 5.41) is 4.04. The summed E-state index contributed by atoms with van der Waals surface area (Å²) < 4.78 is 8.95.